The number of nitrogens with zero attached hydrogens (tertiary/aromatic N) is 1. The number of aliphatic hydroxyl groups is 1. The zero-order chi connectivity index (χ0) is 24.7. The molecule has 0 aromatic carbocycles. The van der Waals surface area contributed by atoms with Gasteiger partial charge in [0.2, 0.25) is 11.8 Å². The second-order valence-electron chi connectivity index (χ2n) is 9.94. The fourth-order valence-electron chi connectivity index (χ4n) is 3.35. The van der Waals surface area contributed by atoms with E-state index in [1.165, 1.54) is 13.8 Å². The van der Waals surface area contributed by atoms with Crippen molar-refractivity contribution in [2.24, 2.45) is 11.3 Å². The van der Waals surface area contributed by atoms with Gasteiger partial charge in [0.05, 0.1) is 18.2 Å². The van der Waals surface area contributed by atoms with Crippen LogP contribution in [0.25, 0.3) is 0 Å². The first-order valence-corrected chi connectivity index (χ1v) is 10.8. The van der Waals surface area contributed by atoms with Gasteiger partial charge in [0.25, 0.3) is 0 Å². The second-order valence-corrected chi connectivity index (χ2v) is 9.94. The number of likely N-dealkylation sites (N-methyl/N-ethyl adjacent to an activating group) is 2. The van der Waals surface area contributed by atoms with E-state index in [9.17, 15) is 19.5 Å². The lowest BCUT2D eigenvalue weighted by Crippen LogP contribution is -2.62. The van der Waals surface area contributed by atoms with Crippen LogP contribution in [0.2, 0.25) is 0 Å². The maximum atomic E-state index is 13.5. The van der Waals surface area contributed by atoms with E-state index in [4.69, 9.17) is 4.74 Å². The quantitative estimate of drug-likeness (QED) is 0.353. The van der Waals surface area contributed by atoms with E-state index < -0.39 is 35.0 Å². The Bertz CT molecular complexity index is 659. The summed E-state index contributed by atoms with van der Waals surface area (Å²) in [5.41, 5.74) is -1.47. The van der Waals surface area contributed by atoms with Crippen LogP contribution in [0.4, 0.5) is 0 Å². The van der Waals surface area contributed by atoms with Crippen LogP contribution < -0.4 is 10.6 Å². The highest BCUT2D eigenvalue weighted by Gasteiger charge is 2.40. The maximum Gasteiger partial charge on any atom is 0.333 e. The molecule has 8 heteroatoms. The zero-order valence-electron chi connectivity index (χ0n) is 21.1. The topological polar surface area (TPSA) is 108 Å². The number of hydrogen-bond donors (Lipinski definition) is 3. The van der Waals surface area contributed by atoms with Crippen molar-refractivity contribution < 1.29 is 24.2 Å². The van der Waals surface area contributed by atoms with Crippen LogP contribution in [-0.2, 0) is 19.1 Å². The molecule has 2 amide bonds. The van der Waals surface area contributed by atoms with Gasteiger partial charge in [-0.05, 0) is 46.1 Å². The summed E-state index contributed by atoms with van der Waals surface area (Å²) in [6.07, 6.45) is 1.73. The molecule has 0 radical (unpaired) electrons. The second kappa shape index (κ2) is 11.6. The predicted octanol–water partition coefficient (Wildman–Crippen LogP) is 1.87. The van der Waals surface area contributed by atoms with Gasteiger partial charge in [-0.3, -0.25) is 9.59 Å². The Morgan fingerprint density at radius 2 is 1.61 bits per heavy atom. The Kier molecular flexibility index (Phi) is 10.9. The van der Waals surface area contributed by atoms with Crippen molar-refractivity contribution in [2.75, 3.05) is 20.7 Å². The first-order chi connectivity index (χ1) is 14.0. The Morgan fingerprint density at radius 3 is 1.97 bits per heavy atom. The van der Waals surface area contributed by atoms with Gasteiger partial charge in [0.1, 0.15) is 12.1 Å². The zero-order valence-corrected chi connectivity index (χ0v) is 21.1. The minimum absolute atomic E-state index is 0.0241. The molecule has 8 nitrogen and oxygen atoms in total. The van der Waals surface area contributed by atoms with Crippen molar-refractivity contribution in [1.29, 1.82) is 0 Å². The van der Waals surface area contributed by atoms with E-state index in [0.717, 1.165) is 0 Å². The molecule has 0 aliphatic carbocycles. The number of hydrogen-bond acceptors (Lipinski definition) is 6. The highest BCUT2D eigenvalue weighted by molar-refractivity contribution is 5.91. The molecule has 0 saturated carbocycles. The predicted molar refractivity (Wildman–Crippen MR) is 122 cm³/mol. The van der Waals surface area contributed by atoms with Gasteiger partial charge in [0, 0.05) is 12.6 Å². The van der Waals surface area contributed by atoms with Crippen LogP contribution in [0.5, 0.6) is 0 Å². The summed E-state index contributed by atoms with van der Waals surface area (Å²) >= 11 is 0. The average molecular weight is 442 g/mol. The third-order valence-corrected chi connectivity index (χ3v) is 5.15. The standard InChI is InChI=1S/C23H43N3O5/c1-12-31-21(29)15(4)13-16(14(2)3)26(11)20(28)18(22(5,6)7)25-19(27)17(24-10)23(8,9)30/h13-14,16-18,24,30H,12H2,1-11H3,(H,25,27)/t16-,17-,18-/m1/s1. The first-order valence-electron chi connectivity index (χ1n) is 10.8. The molecule has 180 valence electrons. The molecule has 0 aromatic rings. The molecule has 0 spiro atoms. The van der Waals surface area contributed by atoms with Gasteiger partial charge < -0.3 is 25.4 Å². The monoisotopic (exact) mass is 441 g/mol. The third-order valence-electron chi connectivity index (χ3n) is 5.15. The summed E-state index contributed by atoms with van der Waals surface area (Å²) in [4.78, 5) is 40.0. The summed E-state index contributed by atoms with van der Waals surface area (Å²) in [6.45, 7) is 16.3. The molecule has 0 aromatic heterocycles. The lowest BCUT2D eigenvalue weighted by atomic mass is 9.84. The van der Waals surface area contributed by atoms with E-state index in [0.29, 0.717) is 5.57 Å². The number of amides is 2. The van der Waals surface area contributed by atoms with E-state index in [1.54, 1.807) is 38.9 Å². The van der Waals surface area contributed by atoms with Gasteiger partial charge in [-0.25, -0.2) is 4.79 Å². The van der Waals surface area contributed by atoms with E-state index in [1.807, 2.05) is 34.6 Å². The summed E-state index contributed by atoms with van der Waals surface area (Å²) in [7, 11) is 3.25. The lowest BCUT2D eigenvalue weighted by molar-refractivity contribution is -0.142. The highest BCUT2D eigenvalue weighted by Crippen LogP contribution is 2.24. The molecule has 0 unspecified atom stereocenters. The smallest absolute Gasteiger partial charge is 0.333 e. The van der Waals surface area contributed by atoms with Gasteiger partial charge in [-0.2, -0.15) is 0 Å². The van der Waals surface area contributed by atoms with Crippen molar-refractivity contribution in [2.45, 2.75) is 86.0 Å². The Labute approximate surface area is 187 Å². The van der Waals surface area contributed by atoms with Gasteiger partial charge in [-0.1, -0.05) is 40.7 Å². The Hall–Kier alpha value is -1.93. The molecule has 0 fully saturated rings. The summed E-state index contributed by atoms with van der Waals surface area (Å²) in [6, 6.07) is -2.09. The number of esters is 1. The van der Waals surface area contributed by atoms with Crippen molar-refractivity contribution in [1.82, 2.24) is 15.5 Å². The fourth-order valence-corrected chi connectivity index (χ4v) is 3.35. The molecule has 0 aliphatic heterocycles. The third kappa shape index (κ3) is 8.61. The number of nitrogens with one attached hydrogen (secondary N) is 2. The number of carbonyl (C=O) groups excluding carboxylic acids is 3. The largest absolute Gasteiger partial charge is 0.463 e. The normalized spacial score (nSPS) is 15.8. The molecule has 0 aliphatic rings. The summed E-state index contributed by atoms with van der Waals surface area (Å²) in [5.74, 6) is -1.14. The van der Waals surface area contributed by atoms with E-state index in [-0.39, 0.29) is 24.5 Å². The van der Waals surface area contributed by atoms with Crippen molar-refractivity contribution >= 4 is 17.8 Å². The molecule has 0 bridgehead atoms. The molecule has 3 N–H and O–H groups in total. The molecule has 0 rings (SSSR count). The molecular weight excluding hydrogens is 398 g/mol. The van der Waals surface area contributed by atoms with Crippen LogP contribution in [0.1, 0.15) is 62.3 Å². The van der Waals surface area contributed by atoms with Crippen LogP contribution in [0, 0.1) is 11.3 Å². The van der Waals surface area contributed by atoms with Crippen molar-refractivity contribution in [3.8, 4) is 0 Å². The van der Waals surface area contributed by atoms with Crippen LogP contribution in [-0.4, -0.2) is 72.2 Å². The minimum Gasteiger partial charge on any atom is -0.463 e. The van der Waals surface area contributed by atoms with Crippen LogP contribution in [0.3, 0.4) is 0 Å². The van der Waals surface area contributed by atoms with Crippen molar-refractivity contribution in [3.63, 3.8) is 0 Å². The van der Waals surface area contributed by atoms with Gasteiger partial charge in [-0.15, -0.1) is 0 Å². The summed E-state index contributed by atoms with van der Waals surface area (Å²) in [5, 5.41) is 15.9. The van der Waals surface area contributed by atoms with Crippen molar-refractivity contribution in [3.05, 3.63) is 11.6 Å². The van der Waals surface area contributed by atoms with E-state index in [2.05, 4.69) is 10.6 Å². The van der Waals surface area contributed by atoms with Gasteiger partial charge in [0.15, 0.2) is 0 Å². The maximum absolute atomic E-state index is 13.5. The number of carbonyl (C=O) groups is 3. The van der Waals surface area contributed by atoms with Crippen LogP contribution in [0.15, 0.2) is 11.6 Å². The molecule has 3 atom stereocenters. The number of rotatable bonds is 10. The Balaban J connectivity index is 5.91. The molecular formula is C23H43N3O5. The molecule has 0 heterocycles. The van der Waals surface area contributed by atoms with Gasteiger partial charge >= 0.3 is 5.97 Å². The fraction of sp³-hybridized carbons (Fsp3) is 0.783. The minimum atomic E-state index is -1.31. The van der Waals surface area contributed by atoms with E-state index >= 15 is 0 Å². The SMILES string of the molecule is CCOC(=O)C(C)=C[C@H](C(C)C)N(C)C(=O)[C@@H](NC(=O)[C@@H](NC)C(C)(C)O)C(C)(C)C. The molecule has 31 heavy (non-hydrogen) atoms. The first kappa shape index (κ1) is 29.1. The van der Waals surface area contributed by atoms with Crippen LogP contribution >= 0.6 is 0 Å². The lowest BCUT2D eigenvalue weighted by Gasteiger charge is -2.38. The average Bonchev–Trinajstić information content (AvgIpc) is 2.61. The molecule has 0 saturated heterocycles. The summed E-state index contributed by atoms with van der Waals surface area (Å²) < 4.78 is 5.05. The highest BCUT2D eigenvalue weighted by atomic mass is 16.5. The number of ether oxygens (including phenoxy) is 1. The Morgan fingerprint density at radius 1 is 1.10 bits per heavy atom.